The van der Waals surface area contributed by atoms with Gasteiger partial charge in [0, 0.05) is 11.0 Å². The van der Waals surface area contributed by atoms with Gasteiger partial charge in [0.05, 0.1) is 5.41 Å². The summed E-state index contributed by atoms with van der Waals surface area (Å²) in [7, 11) is 0. The smallest absolute Gasteiger partial charge is 0.150 e. The van der Waals surface area contributed by atoms with Gasteiger partial charge in [0.2, 0.25) is 0 Å². The van der Waals surface area contributed by atoms with E-state index in [4.69, 9.17) is 0 Å². The molecule has 6 aromatic carbocycles. The first kappa shape index (κ1) is 39.1. The summed E-state index contributed by atoms with van der Waals surface area (Å²) < 4.78 is 0. The molecule has 0 fully saturated rings. The molecule has 6 aromatic rings. The Morgan fingerprint density at radius 3 is 1.47 bits per heavy atom. The van der Waals surface area contributed by atoms with Crippen molar-refractivity contribution in [3.8, 4) is 33.4 Å². The maximum atomic E-state index is 12.4. The standard InChI is InChI=1S/C59H62O/c1-3-5-7-9-11-15-33-58(34-16-12-10-8-6-4-2)55-35-41(40-60)19-30-51(55)52-31-26-46(38-56(52)58)47-27-32-53-50-17-13-14-18-54(50)59(57(53)39-47,48-28-24-42-20-22-44(42)36-48)49-29-25-43-21-23-45(43)37-49/h13-14,17-19,24-32,35-40H,3-12,15-16,20-23,33-34H2,1-2H3. The van der Waals surface area contributed by atoms with E-state index in [1.54, 1.807) is 0 Å². The summed E-state index contributed by atoms with van der Waals surface area (Å²) in [5, 5.41) is 0. The summed E-state index contributed by atoms with van der Waals surface area (Å²) in [6, 6.07) is 45.5. The number of aryl methyl sites for hydroxylation is 4. The van der Waals surface area contributed by atoms with Gasteiger partial charge in [-0.3, -0.25) is 4.79 Å². The van der Waals surface area contributed by atoms with Crippen molar-refractivity contribution < 1.29 is 4.79 Å². The average molecular weight is 787 g/mol. The van der Waals surface area contributed by atoms with Crippen LogP contribution in [0.4, 0.5) is 0 Å². The molecule has 0 saturated carbocycles. The van der Waals surface area contributed by atoms with Crippen molar-refractivity contribution in [2.24, 2.45) is 0 Å². The van der Waals surface area contributed by atoms with Crippen LogP contribution in [0.3, 0.4) is 0 Å². The lowest BCUT2D eigenvalue weighted by Crippen LogP contribution is -2.30. The molecule has 0 N–H and O–H groups in total. The topological polar surface area (TPSA) is 17.1 Å². The second-order valence-corrected chi connectivity index (χ2v) is 18.8. The first-order valence-corrected chi connectivity index (χ1v) is 23.8. The van der Waals surface area contributed by atoms with Crippen molar-refractivity contribution in [2.45, 2.75) is 140 Å². The fourth-order valence-corrected chi connectivity index (χ4v) is 11.9. The van der Waals surface area contributed by atoms with Gasteiger partial charge in [0.15, 0.2) is 0 Å². The summed E-state index contributed by atoms with van der Waals surface area (Å²) >= 11 is 0. The van der Waals surface area contributed by atoms with Crippen molar-refractivity contribution in [1.29, 1.82) is 0 Å². The Bertz CT molecular complexity index is 2490. The number of carbonyl (C=O) groups is 1. The highest BCUT2D eigenvalue weighted by molar-refractivity contribution is 5.90. The first-order chi connectivity index (χ1) is 29.6. The van der Waals surface area contributed by atoms with Crippen LogP contribution in [0.15, 0.2) is 115 Å². The largest absolute Gasteiger partial charge is 0.298 e. The van der Waals surface area contributed by atoms with Crippen molar-refractivity contribution >= 4 is 6.29 Å². The zero-order chi connectivity index (χ0) is 40.7. The lowest BCUT2D eigenvalue weighted by molar-refractivity contribution is 0.112. The second kappa shape index (κ2) is 16.5. The van der Waals surface area contributed by atoms with Gasteiger partial charge >= 0.3 is 0 Å². The maximum Gasteiger partial charge on any atom is 0.150 e. The molecule has 0 aromatic heterocycles. The molecule has 304 valence electrons. The minimum atomic E-state index is -0.394. The lowest BCUT2D eigenvalue weighted by Gasteiger charge is -2.37. The number of fused-ring (bicyclic) bond motifs is 8. The van der Waals surface area contributed by atoms with Gasteiger partial charge in [-0.1, -0.05) is 188 Å². The number of hydrogen-bond donors (Lipinski definition) is 0. The molecule has 4 aliphatic rings. The van der Waals surface area contributed by atoms with Crippen LogP contribution in [0.2, 0.25) is 0 Å². The molecule has 1 nitrogen and oxygen atoms in total. The number of hydrogen-bond acceptors (Lipinski definition) is 1. The van der Waals surface area contributed by atoms with Crippen molar-refractivity contribution in [3.63, 3.8) is 0 Å². The molecule has 1 heteroatoms. The highest BCUT2D eigenvalue weighted by Crippen LogP contribution is 2.59. The van der Waals surface area contributed by atoms with E-state index in [0.717, 1.165) is 24.7 Å². The van der Waals surface area contributed by atoms with Crippen LogP contribution in [0.5, 0.6) is 0 Å². The van der Waals surface area contributed by atoms with E-state index >= 15 is 0 Å². The molecule has 0 radical (unpaired) electrons. The predicted molar refractivity (Wildman–Crippen MR) is 252 cm³/mol. The lowest BCUT2D eigenvalue weighted by atomic mass is 9.65. The number of aldehydes is 1. The van der Waals surface area contributed by atoms with Crippen LogP contribution >= 0.6 is 0 Å². The van der Waals surface area contributed by atoms with Gasteiger partial charge in [0.25, 0.3) is 0 Å². The van der Waals surface area contributed by atoms with Gasteiger partial charge in [-0.25, -0.2) is 0 Å². The minimum absolute atomic E-state index is 0.0935. The Hall–Kier alpha value is -5.01. The average Bonchev–Trinajstić information content (AvgIpc) is 3.70. The number of rotatable bonds is 18. The van der Waals surface area contributed by atoms with Crippen LogP contribution in [0, 0.1) is 0 Å². The minimum Gasteiger partial charge on any atom is -0.298 e. The number of benzene rings is 6. The molecule has 0 bridgehead atoms. The number of unbranched alkanes of at least 4 members (excludes halogenated alkanes) is 10. The summed E-state index contributed by atoms with van der Waals surface area (Å²) in [5.41, 5.74) is 22.9. The fraction of sp³-hybridized carbons (Fsp3) is 0.373. The zero-order valence-electron chi connectivity index (χ0n) is 36.2. The zero-order valence-corrected chi connectivity index (χ0v) is 36.2. The van der Waals surface area contributed by atoms with E-state index in [2.05, 4.69) is 123 Å². The SMILES string of the molecule is CCCCCCCCC1(CCCCCCCC)c2cc(C=O)ccc2-c2ccc(-c3ccc4c(c3)C(c3ccc5c(c3)CC5)(c3ccc5c(c3)CC5)c3ccccc3-4)cc21. The van der Waals surface area contributed by atoms with Gasteiger partial charge in [-0.15, -0.1) is 0 Å². The van der Waals surface area contributed by atoms with E-state index in [9.17, 15) is 4.79 Å². The highest BCUT2D eigenvalue weighted by atomic mass is 16.1. The Labute approximate surface area is 359 Å². The predicted octanol–water partition coefficient (Wildman–Crippen LogP) is 15.5. The molecule has 0 amide bonds. The molecule has 0 atom stereocenters. The molecule has 60 heavy (non-hydrogen) atoms. The number of carbonyl (C=O) groups excluding carboxylic acids is 1. The first-order valence-electron chi connectivity index (χ1n) is 23.8. The maximum absolute atomic E-state index is 12.4. The molecule has 0 unspecified atom stereocenters. The van der Waals surface area contributed by atoms with E-state index in [1.165, 1.54) is 192 Å². The third-order valence-electron chi connectivity index (χ3n) is 15.4. The summed E-state index contributed by atoms with van der Waals surface area (Å²) in [6.07, 6.45) is 23.5. The Balaban J connectivity index is 1.11. The third kappa shape index (κ3) is 6.45. The van der Waals surface area contributed by atoms with E-state index in [1.807, 2.05) is 6.07 Å². The van der Waals surface area contributed by atoms with E-state index in [-0.39, 0.29) is 5.41 Å². The molecule has 10 rings (SSSR count). The van der Waals surface area contributed by atoms with Crippen LogP contribution in [-0.4, -0.2) is 6.29 Å². The van der Waals surface area contributed by atoms with Gasteiger partial charge in [-0.2, -0.15) is 0 Å². The molecule has 0 saturated heterocycles. The van der Waals surface area contributed by atoms with Crippen LogP contribution in [0.25, 0.3) is 33.4 Å². The van der Waals surface area contributed by atoms with Crippen molar-refractivity contribution in [1.82, 2.24) is 0 Å². The Morgan fingerprint density at radius 2 is 0.917 bits per heavy atom. The van der Waals surface area contributed by atoms with Crippen molar-refractivity contribution in [2.75, 3.05) is 0 Å². The molecule has 0 aliphatic heterocycles. The summed E-state index contributed by atoms with van der Waals surface area (Å²) in [5.74, 6) is 0. The van der Waals surface area contributed by atoms with E-state index in [0.29, 0.717) is 0 Å². The van der Waals surface area contributed by atoms with Gasteiger partial charge < -0.3 is 0 Å². The fourth-order valence-electron chi connectivity index (χ4n) is 11.9. The van der Waals surface area contributed by atoms with Gasteiger partial charge in [-0.05, 0) is 146 Å². The normalized spacial score (nSPS) is 15.5. The van der Waals surface area contributed by atoms with Crippen LogP contribution in [0.1, 0.15) is 170 Å². The quantitative estimate of drug-likeness (QED) is 0.0625. The molecule has 0 heterocycles. The van der Waals surface area contributed by atoms with Crippen molar-refractivity contribution in [3.05, 3.63) is 176 Å². The summed E-state index contributed by atoms with van der Waals surface area (Å²) in [4.78, 5) is 12.4. The van der Waals surface area contributed by atoms with E-state index < -0.39 is 5.41 Å². The van der Waals surface area contributed by atoms with Crippen LogP contribution in [-0.2, 0) is 36.5 Å². The Kier molecular flexibility index (Phi) is 10.7. The molecule has 0 spiro atoms. The highest BCUT2D eigenvalue weighted by Gasteiger charge is 2.47. The Morgan fingerprint density at radius 1 is 0.433 bits per heavy atom. The summed E-state index contributed by atoms with van der Waals surface area (Å²) in [6.45, 7) is 4.61. The second-order valence-electron chi connectivity index (χ2n) is 18.8. The third-order valence-corrected chi connectivity index (χ3v) is 15.4. The molecular formula is C59H62O. The monoisotopic (exact) mass is 786 g/mol. The molecule has 4 aliphatic carbocycles. The molecular weight excluding hydrogens is 725 g/mol. The van der Waals surface area contributed by atoms with Gasteiger partial charge in [0.1, 0.15) is 6.29 Å². The van der Waals surface area contributed by atoms with Crippen LogP contribution < -0.4 is 0 Å².